The number of carbonyl (C=O) groups is 3. The summed E-state index contributed by atoms with van der Waals surface area (Å²) in [6.07, 6.45) is 3.34. The Labute approximate surface area is 104 Å². The van der Waals surface area contributed by atoms with Gasteiger partial charge in [0.15, 0.2) is 6.04 Å². The van der Waals surface area contributed by atoms with E-state index in [0.29, 0.717) is 0 Å². The molecular weight excluding hydrogens is 240 g/mol. The van der Waals surface area contributed by atoms with Crippen LogP contribution in [0.2, 0.25) is 0 Å². The molecule has 1 amide bonds. The monoisotopic (exact) mass is 256 g/mol. The molecule has 1 aliphatic carbocycles. The van der Waals surface area contributed by atoms with Crippen molar-refractivity contribution in [3.05, 3.63) is 12.2 Å². The summed E-state index contributed by atoms with van der Waals surface area (Å²) in [5.41, 5.74) is 5.39. The maximum absolute atomic E-state index is 11.6. The Kier molecular flexibility index (Phi) is 4.85. The van der Waals surface area contributed by atoms with Crippen LogP contribution in [0.25, 0.3) is 0 Å². The van der Waals surface area contributed by atoms with Crippen molar-refractivity contribution >= 4 is 17.8 Å². The maximum atomic E-state index is 11.6. The minimum atomic E-state index is -1.39. The predicted octanol–water partition coefficient (Wildman–Crippen LogP) is -0.978. The molecule has 0 aliphatic heterocycles. The van der Waals surface area contributed by atoms with E-state index < -0.39 is 35.8 Å². The fourth-order valence-electron chi connectivity index (χ4n) is 1.60. The Morgan fingerprint density at radius 3 is 2.67 bits per heavy atom. The first-order valence-corrected chi connectivity index (χ1v) is 5.59. The molecule has 4 N–H and O–H groups in total. The van der Waals surface area contributed by atoms with Crippen molar-refractivity contribution in [1.82, 2.24) is 5.32 Å². The summed E-state index contributed by atoms with van der Waals surface area (Å²) < 4.78 is 4.61. The van der Waals surface area contributed by atoms with Gasteiger partial charge in [-0.1, -0.05) is 12.2 Å². The number of hydrogen-bond donors (Lipinski definition) is 3. The molecule has 1 rings (SSSR count). The van der Waals surface area contributed by atoms with Crippen molar-refractivity contribution in [1.29, 1.82) is 0 Å². The first-order valence-electron chi connectivity index (χ1n) is 5.59. The average Bonchev–Trinajstić information content (AvgIpc) is 2.77. The molecule has 0 aromatic rings. The van der Waals surface area contributed by atoms with Gasteiger partial charge in [0.25, 0.3) is 0 Å². The second kappa shape index (κ2) is 6.15. The van der Waals surface area contributed by atoms with Crippen LogP contribution in [0.4, 0.5) is 0 Å². The molecule has 0 aromatic heterocycles. The van der Waals surface area contributed by atoms with E-state index >= 15 is 0 Å². The van der Waals surface area contributed by atoms with E-state index in [1.807, 2.05) is 0 Å². The van der Waals surface area contributed by atoms with Crippen LogP contribution in [-0.2, 0) is 19.1 Å². The molecule has 7 nitrogen and oxygen atoms in total. The summed E-state index contributed by atoms with van der Waals surface area (Å²) in [5.74, 6) is -3.03. The van der Waals surface area contributed by atoms with Gasteiger partial charge in [-0.3, -0.25) is 9.59 Å². The Balaban J connectivity index is 2.45. The van der Waals surface area contributed by atoms with Crippen LogP contribution >= 0.6 is 0 Å². The van der Waals surface area contributed by atoms with E-state index in [1.54, 1.807) is 13.0 Å². The van der Waals surface area contributed by atoms with Gasteiger partial charge in [-0.05, 0) is 13.3 Å². The predicted molar refractivity (Wildman–Crippen MR) is 61.4 cm³/mol. The second-order valence-corrected chi connectivity index (χ2v) is 3.91. The van der Waals surface area contributed by atoms with Gasteiger partial charge in [0.2, 0.25) is 5.91 Å². The van der Waals surface area contributed by atoms with Crippen molar-refractivity contribution < 1.29 is 24.2 Å². The highest BCUT2D eigenvalue weighted by Crippen LogP contribution is 2.17. The van der Waals surface area contributed by atoms with Gasteiger partial charge in [-0.15, -0.1) is 0 Å². The summed E-state index contributed by atoms with van der Waals surface area (Å²) in [5, 5.41) is 11.3. The van der Waals surface area contributed by atoms with Gasteiger partial charge in [-0.2, -0.15) is 0 Å². The van der Waals surface area contributed by atoms with Gasteiger partial charge in [0.05, 0.1) is 12.5 Å². The summed E-state index contributed by atoms with van der Waals surface area (Å²) >= 11 is 0. The maximum Gasteiger partial charge on any atom is 0.332 e. The number of rotatable bonds is 5. The number of hydrogen-bond acceptors (Lipinski definition) is 5. The molecule has 7 heteroatoms. The van der Waals surface area contributed by atoms with Crippen LogP contribution in [0.5, 0.6) is 0 Å². The Morgan fingerprint density at radius 2 is 2.17 bits per heavy atom. The van der Waals surface area contributed by atoms with Crippen LogP contribution in [0, 0.1) is 5.92 Å². The zero-order valence-corrected chi connectivity index (χ0v) is 9.96. The van der Waals surface area contributed by atoms with Crippen LogP contribution in [0.3, 0.4) is 0 Å². The second-order valence-electron chi connectivity index (χ2n) is 3.91. The smallest absolute Gasteiger partial charge is 0.332 e. The number of esters is 1. The molecule has 0 radical (unpaired) electrons. The number of carbonyl (C=O) groups excluding carboxylic acids is 2. The molecule has 18 heavy (non-hydrogen) atoms. The standard InChI is InChI=1S/C11H16N2O5/c1-2-18-11(17)8(12)9(14)13-7-4-3-6(5-7)10(15)16/h3-4,6-8H,2,5,12H2,1H3,(H,13,14)(H,15,16). The van der Waals surface area contributed by atoms with Gasteiger partial charge in [0, 0.05) is 6.04 Å². The van der Waals surface area contributed by atoms with Gasteiger partial charge < -0.3 is 20.9 Å². The fraction of sp³-hybridized carbons (Fsp3) is 0.545. The molecule has 3 atom stereocenters. The molecule has 0 bridgehead atoms. The molecule has 0 fully saturated rings. The lowest BCUT2D eigenvalue weighted by molar-refractivity contribution is -0.148. The number of aliphatic carboxylic acids is 1. The molecule has 0 aromatic carbocycles. The number of nitrogens with two attached hydrogens (primary N) is 1. The number of carboxylic acid groups (broad SMARTS) is 1. The van der Waals surface area contributed by atoms with Crippen molar-refractivity contribution in [2.24, 2.45) is 11.7 Å². The highest BCUT2D eigenvalue weighted by molar-refractivity contribution is 6.01. The quantitative estimate of drug-likeness (QED) is 0.330. The van der Waals surface area contributed by atoms with Crippen LogP contribution in [0.15, 0.2) is 12.2 Å². The van der Waals surface area contributed by atoms with E-state index in [9.17, 15) is 14.4 Å². The fourth-order valence-corrected chi connectivity index (χ4v) is 1.60. The normalized spacial score (nSPS) is 23.4. The molecule has 3 unspecified atom stereocenters. The zero-order valence-electron chi connectivity index (χ0n) is 9.96. The molecule has 0 heterocycles. The third-order valence-corrected chi connectivity index (χ3v) is 2.55. The summed E-state index contributed by atoms with van der Waals surface area (Å²) in [6, 6.07) is -1.80. The number of carboxylic acids is 1. The Hall–Kier alpha value is -1.89. The van der Waals surface area contributed by atoms with E-state index in [2.05, 4.69) is 10.1 Å². The van der Waals surface area contributed by atoms with Crippen molar-refractivity contribution in [3.63, 3.8) is 0 Å². The minimum Gasteiger partial charge on any atom is -0.481 e. The van der Waals surface area contributed by atoms with E-state index in [1.165, 1.54) is 6.08 Å². The highest BCUT2D eigenvalue weighted by atomic mass is 16.5. The third kappa shape index (κ3) is 3.56. The van der Waals surface area contributed by atoms with Gasteiger partial charge in [0.1, 0.15) is 0 Å². The lowest BCUT2D eigenvalue weighted by Crippen LogP contribution is -2.49. The lowest BCUT2D eigenvalue weighted by atomic mass is 10.1. The third-order valence-electron chi connectivity index (χ3n) is 2.55. The molecular formula is C11H16N2O5. The lowest BCUT2D eigenvalue weighted by Gasteiger charge is -2.15. The Bertz CT molecular complexity index is 380. The SMILES string of the molecule is CCOC(=O)C(N)C(=O)NC1C=CC(C(=O)O)C1. The summed E-state index contributed by atoms with van der Waals surface area (Å²) in [4.78, 5) is 33.5. The van der Waals surface area contributed by atoms with Gasteiger partial charge in [-0.25, -0.2) is 4.79 Å². The van der Waals surface area contributed by atoms with Crippen molar-refractivity contribution in [2.45, 2.75) is 25.4 Å². The zero-order chi connectivity index (χ0) is 13.7. The van der Waals surface area contributed by atoms with E-state index in [4.69, 9.17) is 10.8 Å². The largest absolute Gasteiger partial charge is 0.481 e. The summed E-state index contributed by atoms with van der Waals surface area (Å²) in [7, 11) is 0. The molecule has 0 saturated heterocycles. The first kappa shape index (κ1) is 14.2. The van der Waals surface area contributed by atoms with Crippen molar-refractivity contribution in [3.8, 4) is 0 Å². The number of nitrogens with one attached hydrogen (secondary N) is 1. The highest BCUT2D eigenvalue weighted by Gasteiger charge is 2.29. The van der Waals surface area contributed by atoms with Gasteiger partial charge >= 0.3 is 11.9 Å². The minimum absolute atomic E-state index is 0.143. The molecule has 1 aliphatic rings. The van der Waals surface area contributed by atoms with Crippen LogP contribution in [0.1, 0.15) is 13.3 Å². The first-order chi connectivity index (χ1) is 8.45. The molecule has 100 valence electrons. The molecule has 0 spiro atoms. The molecule has 0 saturated carbocycles. The van der Waals surface area contributed by atoms with Crippen molar-refractivity contribution in [2.75, 3.05) is 6.61 Å². The van der Waals surface area contributed by atoms with Crippen LogP contribution < -0.4 is 11.1 Å². The average molecular weight is 256 g/mol. The summed E-state index contributed by atoms with van der Waals surface area (Å²) in [6.45, 7) is 1.75. The van der Waals surface area contributed by atoms with E-state index in [0.717, 1.165) is 0 Å². The Morgan fingerprint density at radius 1 is 1.50 bits per heavy atom. The number of amides is 1. The van der Waals surface area contributed by atoms with E-state index in [-0.39, 0.29) is 13.0 Å². The van der Waals surface area contributed by atoms with Crippen LogP contribution in [-0.4, -0.2) is 41.6 Å². The number of ether oxygens (including phenoxy) is 1. The topological polar surface area (TPSA) is 119 Å².